The number of hydrogen-bond acceptors (Lipinski definition) is 4. The van der Waals surface area contributed by atoms with Crippen LogP contribution in [0.2, 0.25) is 0 Å². The van der Waals surface area contributed by atoms with Crippen molar-refractivity contribution in [2.24, 2.45) is 5.92 Å². The molecular formula is C18H24ClN3O3. The molecule has 0 saturated carbocycles. The standard InChI is InChI=1S/C18H23N3O3.ClH/c1-11(12-6-8-19-9-7-12)20-17(23)18(24)21-14-3-4-15-13(10-14)2-5-16(15)22;/h3-4,10-12,19H,2,5-9H2,1H3,(H,20,23)(H,21,24);1H/t11-;/m0./s1. The number of anilines is 1. The predicted octanol–water partition coefficient (Wildman–Crippen LogP) is 1.68. The Labute approximate surface area is 153 Å². The van der Waals surface area contributed by atoms with Crippen LogP contribution in [0.15, 0.2) is 18.2 Å². The Morgan fingerprint density at radius 2 is 1.88 bits per heavy atom. The first-order valence-electron chi connectivity index (χ1n) is 8.53. The fourth-order valence-electron chi connectivity index (χ4n) is 3.46. The Hall–Kier alpha value is -1.92. The maximum absolute atomic E-state index is 12.1. The fraction of sp³-hybridized carbons (Fsp3) is 0.500. The lowest BCUT2D eigenvalue weighted by atomic mass is 9.91. The van der Waals surface area contributed by atoms with Gasteiger partial charge in [0.25, 0.3) is 0 Å². The summed E-state index contributed by atoms with van der Waals surface area (Å²) >= 11 is 0. The lowest BCUT2D eigenvalue weighted by Gasteiger charge is -2.28. The number of Topliss-reactive ketones (excluding diaryl/α,β-unsaturated/α-hetero) is 1. The number of aryl methyl sites for hydroxylation is 1. The van der Waals surface area contributed by atoms with Gasteiger partial charge in [0.05, 0.1) is 0 Å². The predicted molar refractivity (Wildman–Crippen MR) is 98.2 cm³/mol. The number of ketones is 1. The number of halogens is 1. The van der Waals surface area contributed by atoms with Crippen LogP contribution in [0, 0.1) is 5.92 Å². The largest absolute Gasteiger partial charge is 0.345 e. The van der Waals surface area contributed by atoms with Crippen LogP contribution in [-0.2, 0) is 16.0 Å². The van der Waals surface area contributed by atoms with Gasteiger partial charge < -0.3 is 16.0 Å². The van der Waals surface area contributed by atoms with Crippen molar-refractivity contribution in [1.82, 2.24) is 10.6 Å². The first-order valence-corrected chi connectivity index (χ1v) is 8.53. The quantitative estimate of drug-likeness (QED) is 0.711. The molecule has 1 atom stereocenters. The van der Waals surface area contributed by atoms with E-state index in [2.05, 4.69) is 16.0 Å². The van der Waals surface area contributed by atoms with E-state index >= 15 is 0 Å². The van der Waals surface area contributed by atoms with E-state index in [0.717, 1.165) is 37.1 Å². The third kappa shape index (κ3) is 4.58. The molecule has 1 heterocycles. The Bertz CT molecular complexity index is 672. The van der Waals surface area contributed by atoms with Crippen LogP contribution in [0.1, 0.15) is 42.1 Å². The van der Waals surface area contributed by atoms with E-state index in [1.807, 2.05) is 6.92 Å². The maximum atomic E-state index is 12.1. The molecule has 1 aromatic rings. The average Bonchev–Trinajstić information content (AvgIpc) is 2.96. The number of rotatable bonds is 3. The molecule has 1 aliphatic heterocycles. The Morgan fingerprint density at radius 1 is 1.16 bits per heavy atom. The summed E-state index contributed by atoms with van der Waals surface area (Å²) < 4.78 is 0. The minimum atomic E-state index is -0.667. The summed E-state index contributed by atoms with van der Waals surface area (Å²) in [7, 11) is 0. The second kappa shape index (κ2) is 8.45. The molecule has 1 fully saturated rings. The van der Waals surface area contributed by atoms with Crippen molar-refractivity contribution in [3.8, 4) is 0 Å². The smallest absolute Gasteiger partial charge is 0.313 e. The van der Waals surface area contributed by atoms with Crippen LogP contribution in [0.25, 0.3) is 0 Å². The Balaban J connectivity index is 0.00000225. The van der Waals surface area contributed by atoms with Crippen molar-refractivity contribution < 1.29 is 14.4 Å². The third-order valence-electron chi connectivity index (χ3n) is 4.94. The maximum Gasteiger partial charge on any atom is 0.313 e. The molecule has 7 heteroatoms. The summed E-state index contributed by atoms with van der Waals surface area (Å²) in [6.45, 7) is 3.85. The Morgan fingerprint density at radius 3 is 2.60 bits per heavy atom. The molecule has 3 N–H and O–H groups in total. The van der Waals surface area contributed by atoms with E-state index in [1.165, 1.54) is 0 Å². The highest BCUT2D eigenvalue weighted by Crippen LogP contribution is 2.25. The van der Waals surface area contributed by atoms with Gasteiger partial charge in [0.2, 0.25) is 0 Å². The van der Waals surface area contributed by atoms with E-state index in [-0.39, 0.29) is 24.2 Å². The van der Waals surface area contributed by atoms with E-state index in [4.69, 9.17) is 0 Å². The van der Waals surface area contributed by atoms with Crippen molar-refractivity contribution in [3.05, 3.63) is 29.3 Å². The minimum Gasteiger partial charge on any atom is -0.345 e. The van der Waals surface area contributed by atoms with Crippen LogP contribution in [-0.4, -0.2) is 36.7 Å². The van der Waals surface area contributed by atoms with Gasteiger partial charge in [-0.2, -0.15) is 0 Å². The lowest BCUT2D eigenvalue weighted by molar-refractivity contribution is -0.136. The number of carbonyl (C=O) groups excluding carboxylic acids is 3. The molecule has 1 saturated heterocycles. The summed E-state index contributed by atoms with van der Waals surface area (Å²) in [6, 6.07) is 5.14. The first kappa shape index (κ1) is 19.4. The molecule has 25 heavy (non-hydrogen) atoms. The normalized spacial score (nSPS) is 18.0. The number of hydrogen-bond donors (Lipinski definition) is 3. The van der Waals surface area contributed by atoms with Crippen LogP contribution < -0.4 is 16.0 Å². The fourth-order valence-corrected chi connectivity index (χ4v) is 3.46. The van der Waals surface area contributed by atoms with Crippen LogP contribution in [0.3, 0.4) is 0 Å². The van der Waals surface area contributed by atoms with Crippen molar-refractivity contribution >= 4 is 35.7 Å². The SMILES string of the molecule is C[C@H](NC(=O)C(=O)Nc1ccc2c(c1)CCC2=O)C1CCNCC1.Cl. The molecule has 2 amide bonds. The second-order valence-corrected chi connectivity index (χ2v) is 6.60. The van der Waals surface area contributed by atoms with Crippen LogP contribution in [0.4, 0.5) is 5.69 Å². The van der Waals surface area contributed by atoms with Gasteiger partial charge in [0, 0.05) is 23.7 Å². The summed E-state index contributed by atoms with van der Waals surface area (Å²) in [6.07, 6.45) is 3.21. The van der Waals surface area contributed by atoms with Gasteiger partial charge in [-0.3, -0.25) is 14.4 Å². The summed E-state index contributed by atoms with van der Waals surface area (Å²) in [5, 5.41) is 8.70. The molecule has 0 bridgehead atoms. The molecule has 136 valence electrons. The molecule has 0 aromatic heterocycles. The molecule has 0 radical (unpaired) electrons. The van der Waals surface area contributed by atoms with Crippen molar-refractivity contribution in [1.29, 1.82) is 0 Å². The molecule has 0 spiro atoms. The van der Waals surface area contributed by atoms with E-state index < -0.39 is 11.8 Å². The number of benzene rings is 1. The topological polar surface area (TPSA) is 87.3 Å². The zero-order valence-electron chi connectivity index (χ0n) is 14.3. The minimum absolute atomic E-state index is 0. The number of nitrogens with one attached hydrogen (secondary N) is 3. The average molecular weight is 366 g/mol. The summed E-state index contributed by atoms with van der Waals surface area (Å²) in [4.78, 5) is 35.8. The first-order chi connectivity index (χ1) is 11.5. The van der Waals surface area contributed by atoms with E-state index in [9.17, 15) is 14.4 Å². The van der Waals surface area contributed by atoms with E-state index in [1.54, 1.807) is 18.2 Å². The van der Waals surface area contributed by atoms with Gasteiger partial charge in [-0.1, -0.05) is 0 Å². The van der Waals surface area contributed by atoms with Crippen LogP contribution >= 0.6 is 12.4 Å². The monoisotopic (exact) mass is 365 g/mol. The van der Waals surface area contributed by atoms with Gasteiger partial charge in [0.15, 0.2) is 5.78 Å². The lowest BCUT2D eigenvalue weighted by Crippen LogP contribution is -2.46. The number of piperidine rings is 1. The number of carbonyl (C=O) groups is 3. The molecule has 1 aromatic carbocycles. The molecule has 0 unspecified atom stereocenters. The summed E-state index contributed by atoms with van der Waals surface area (Å²) in [5.41, 5.74) is 2.20. The second-order valence-electron chi connectivity index (χ2n) is 6.60. The zero-order chi connectivity index (χ0) is 17.1. The number of fused-ring (bicyclic) bond motifs is 1. The highest BCUT2D eigenvalue weighted by Gasteiger charge is 2.24. The van der Waals surface area contributed by atoms with Gasteiger partial charge >= 0.3 is 11.8 Å². The van der Waals surface area contributed by atoms with Gasteiger partial charge in [0.1, 0.15) is 0 Å². The molecule has 3 rings (SSSR count). The zero-order valence-corrected chi connectivity index (χ0v) is 15.1. The Kier molecular flexibility index (Phi) is 6.56. The van der Waals surface area contributed by atoms with Crippen molar-refractivity contribution in [3.63, 3.8) is 0 Å². The molecule has 2 aliphatic rings. The van der Waals surface area contributed by atoms with E-state index in [0.29, 0.717) is 24.4 Å². The van der Waals surface area contributed by atoms with Crippen molar-refractivity contribution in [2.75, 3.05) is 18.4 Å². The van der Waals surface area contributed by atoms with Gasteiger partial charge in [-0.15, -0.1) is 12.4 Å². The summed E-state index contributed by atoms with van der Waals surface area (Å²) in [5.74, 6) is -0.747. The van der Waals surface area contributed by atoms with Gasteiger partial charge in [-0.25, -0.2) is 0 Å². The highest BCUT2D eigenvalue weighted by atomic mass is 35.5. The van der Waals surface area contributed by atoms with Crippen molar-refractivity contribution in [2.45, 2.75) is 38.6 Å². The van der Waals surface area contributed by atoms with Crippen LogP contribution in [0.5, 0.6) is 0 Å². The molecular weight excluding hydrogens is 342 g/mol. The molecule has 6 nitrogen and oxygen atoms in total. The molecule has 1 aliphatic carbocycles. The highest BCUT2D eigenvalue weighted by molar-refractivity contribution is 6.39. The van der Waals surface area contributed by atoms with Gasteiger partial charge in [-0.05, 0) is 69.0 Å². The number of amides is 2. The third-order valence-corrected chi connectivity index (χ3v) is 4.94.